The number of carboxylic acid groups (broad SMARTS) is 1. The van der Waals surface area contributed by atoms with E-state index in [1.54, 1.807) is 17.9 Å². The van der Waals surface area contributed by atoms with E-state index in [0.29, 0.717) is 25.2 Å². The zero-order valence-electron chi connectivity index (χ0n) is 13.9. The Morgan fingerprint density at radius 1 is 1.52 bits per heavy atom. The molecule has 2 rings (SSSR count). The van der Waals surface area contributed by atoms with E-state index in [-0.39, 0.29) is 17.6 Å². The van der Waals surface area contributed by atoms with Gasteiger partial charge in [-0.25, -0.2) is 9.48 Å². The molecular formula is C14H24N6O3. The number of carboxylic acids is 1. The fourth-order valence-corrected chi connectivity index (χ4v) is 2.40. The molecule has 0 saturated carbocycles. The van der Waals surface area contributed by atoms with Crippen LogP contribution in [0.1, 0.15) is 38.9 Å². The Morgan fingerprint density at radius 2 is 2.22 bits per heavy atom. The van der Waals surface area contributed by atoms with E-state index in [1.165, 1.54) is 4.90 Å². The minimum Gasteiger partial charge on any atom is -0.480 e. The van der Waals surface area contributed by atoms with Crippen LogP contribution in [0, 0.1) is 0 Å². The standard InChI is InChI=1S/C14H24N6O3/c1-14(2,3)16-13(23)19(4)7-9-8-20(18-17-9)10-5-11(12(21)22)15-6-10/h8,10-11,15H,5-7H2,1-4H3,(H,16,23)(H,21,22)/t10-,11-/m0/s1. The predicted octanol–water partition coefficient (Wildman–Crippen LogP) is 0.206. The third kappa shape index (κ3) is 4.65. The molecule has 2 amide bonds. The van der Waals surface area contributed by atoms with Crippen LogP contribution >= 0.6 is 0 Å². The summed E-state index contributed by atoms with van der Waals surface area (Å²) in [5.41, 5.74) is 0.361. The molecule has 2 heterocycles. The summed E-state index contributed by atoms with van der Waals surface area (Å²) in [7, 11) is 1.69. The lowest BCUT2D eigenvalue weighted by atomic mass is 10.1. The molecule has 23 heavy (non-hydrogen) atoms. The fourth-order valence-electron chi connectivity index (χ4n) is 2.40. The first-order valence-corrected chi connectivity index (χ1v) is 7.56. The Labute approximate surface area is 135 Å². The van der Waals surface area contributed by atoms with E-state index in [4.69, 9.17) is 5.11 Å². The number of aliphatic carboxylic acids is 1. The van der Waals surface area contributed by atoms with Gasteiger partial charge in [0.2, 0.25) is 0 Å². The van der Waals surface area contributed by atoms with Crippen molar-refractivity contribution >= 4 is 12.0 Å². The first-order chi connectivity index (χ1) is 10.7. The van der Waals surface area contributed by atoms with E-state index in [0.717, 1.165) is 0 Å². The van der Waals surface area contributed by atoms with Crippen molar-refractivity contribution in [3.63, 3.8) is 0 Å². The number of amides is 2. The van der Waals surface area contributed by atoms with E-state index in [1.807, 2.05) is 20.8 Å². The van der Waals surface area contributed by atoms with Crippen LogP contribution in [0.3, 0.4) is 0 Å². The van der Waals surface area contributed by atoms with Crippen molar-refractivity contribution in [1.82, 2.24) is 30.5 Å². The first kappa shape index (κ1) is 17.2. The van der Waals surface area contributed by atoms with Crippen molar-refractivity contribution < 1.29 is 14.7 Å². The number of hydrogen-bond donors (Lipinski definition) is 3. The van der Waals surface area contributed by atoms with E-state index >= 15 is 0 Å². The molecule has 0 unspecified atom stereocenters. The van der Waals surface area contributed by atoms with Crippen molar-refractivity contribution in [3.05, 3.63) is 11.9 Å². The Bertz CT molecular complexity index is 579. The summed E-state index contributed by atoms with van der Waals surface area (Å²) in [6, 6.07) is -0.764. The van der Waals surface area contributed by atoms with Crippen LogP contribution in [0.2, 0.25) is 0 Å². The van der Waals surface area contributed by atoms with Crippen molar-refractivity contribution in [2.45, 2.75) is 51.4 Å². The molecule has 0 radical (unpaired) electrons. The first-order valence-electron chi connectivity index (χ1n) is 7.56. The number of urea groups is 1. The number of hydrogen-bond acceptors (Lipinski definition) is 5. The normalized spacial score (nSPS) is 21.2. The van der Waals surface area contributed by atoms with Crippen LogP contribution < -0.4 is 10.6 Å². The van der Waals surface area contributed by atoms with Gasteiger partial charge in [-0.3, -0.25) is 4.79 Å². The zero-order chi connectivity index (χ0) is 17.2. The maximum Gasteiger partial charge on any atom is 0.320 e. The molecule has 1 saturated heterocycles. The molecule has 1 aromatic heterocycles. The van der Waals surface area contributed by atoms with Gasteiger partial charge in [-0.2, -0.15) is 0 Å². The van der Waals surface area contributed by atoms with Gasteiger partial charge in [-0.05, 0) is 27.2 Å². The second-order valence-corrected chi connectivity index (χ2v) is 6.91. The Hall–Kier alpha value is -2.16. The summed E-state index contributed by atoms with van der Waals surface area (Å²) in [6.07, 6.45) is 2.23. The molecular weight excluding hydrogens is 300 g/mol. The average Bonchev–Trinajstić information content (AvgIpc) is 3.04. The van der Waals surface area contributed by atoms with E-state index < -0.39 is 12.0 Å². The van der Waals surface area contributed by atoms with Crippen LogP contribution in [-0.2, 0) is 11.3 Å². The van der Waals surface area contributed by atoms with Crippen molar-refractivity contribution in [3.8, 4) is 0 Å². The minimum atomic E-state index is -0.855. The molecule has 128 valence electrons. The monoisotopic (exact) mass is 324 g/mol. The highest BCUT2D eigenvalue weighted by atomic mass is 16.4. The van der Waals surface area contributed by atoms with Gasteiger partial charge in [-0.15, -0.1) is 5.10 Å². The molecule has 1 aromatic rings. The summed E-state index contributed by atoms with van der Waals surface area (Å²) in [5.74, 6) is -0.855. The molecule has 1 aliphatic heterocycles. The highest BCUT2D eigenvalue weighted by Gasteiger charge is 2.31. The third-order valence-electron chi connectivity index (χ3n) is 3.57. The van der Waals surface area contributed by atoms with Crippen molar-refractivity contribution in [2.24, 2.45) is 0 Å². The Balaban J connectivity index is 1.92. The largest absolute Gasteiger partial charge is 0.480 e. The van der Waals surface area contributed by atoms with Crippen LogP contribution in [0.4, 0.5) is 4.79 Å². The molecule has 0 aromatic carbocycles. The number of nitrogens with one attached hydrogen (secondary N) is 2. The third-order valence-corrected chi connectivity index (χ3v) is 3.57. The van der Waals surface area contributed by atoms with Gasteiger partial charge in [0.15, 0.2) is 0 Å². The summed E-state index contributed by atoms with van der Waals surface area (Å²) in [6.45, 7) is 6.63. The number of carbonyl (C=O) groups excluding carboxylic acids is 1. The molecule has 1 fully saturated rings. The van der Waals surface area contributed by atoms with Crippen LogP contribution in [0.15, 0.2) is 6.20 Å². The highest BCUT2D eigenvalue weighted by molar-refractivity contribution is 5.74. The summed E-state index contributed by atoms with van der Waals surface area (Å²) >= 11 is 0. The fraction of sp³-hybridized carbons (Fsp3) is 0.714. The second-order valence-electron chi connectivity index (χ2n) is 6.91. The minimum absolute atomic E-state index is 0.0361. The number of rotatable bonds is 4. The lowest BCUT2D eigenvalue weighted by Gasteiger charge is -2.25. The van der Waals surface area contributed by atoms with Gasteiger partial charge in [0.1, 0.15) is 11.7 Å². The Morgan fingerprint density at radius 3 is 2.78 bits per heavy atom. The summed E-state index contributed by atoms with van der Waals surface area (Å²) in [4.78, 5) is 24.5. The molecule has 0 aliphatic carbocycles. The lowest BCUT2D eigenvalue weighted by molar-refractivity contribution is -0.139. The number of carbonyl (C=O) groups is 2. The number of nitrogens with zero attached hydrogens (tertiary/aromatic N) is 4. The van der Waals surface area contributed by atoms with Crippen LogP contribution in [0.25, 0.3) is 0 Å². The molecule has 9 heteroatoms. The van der Waals surface area contributed by atoms with Gasteiger partial charge >= 0.3 is 12.0 Å². The SMILES string of the molecule is CN(Cc1cn([C@@H]2CN[C@H](C(=O)O)C2)nn1)C(=O)NC(C)(C)C. The maximum atomic E-state index is 12.0. The summed E-state index contributed by atoms with van der Waals surface area (Å²) in [5, 5.41) is 22.9. The molecule has 1 aliphatic rings. The van der Waals surface area contributed by atoms with E-state index in [9.17, 15) is 9.59 Å². The zero-order valence-corrected chi connectivity index (χ0v) is 13.9. The topological polar surface area (TPSA) is 112 Å². The lowest BCUT2D eigenvalue weighted by Crippen LogP contribution is -2.46. The predicted molar refractivity (Wildman–Crippen MR) is 82.9 cm³/mol. The Kier molecular flexibility index (Phi) is 4.88. The molecule has 3 N–H and O–H groups in total. The van der Waals surface area contributed by atoms with Crippen molar-refractivity contribution in [2.75, 3.05) is 13.6 Å². The highest BCUT2D eigenvalue weighted by Crippen LogP contribution is 2.19. The summed E-state index contributed by atoms with van der Waals surface area (Å²) < 4.78 is 1.67. The average molecular weight is 324 g/mol. The van der Waals surface area contributed by atoms with Gasteiger partial charge in [-0.1, -0.05) is 5.21 Å². The molecule has 0 spiro atoms. The molecule has 9 nitrogen and oxygen atoms in total. The molecule has 2 atom stereocenters. The van der Waals surface area contributed by atoms with Gasteiger partial charge in [0.05, 0.1) is 18.8 Å². The number of aromatic nitrogens is 3. The van der Waals surface area contributed by atoms with Crippen LogP contribution in [0.5, 0.6) is 0 Å². The maximum absolute atomic E-state index is 12.0. The van der Waals surface area contributed by atoms with Crippen LogP contribution in [-0.4, -0.2) is 62.2 Å². The van der Waals surface area contributed by atoms with Gasteiger partial charge in [0, 0.05) is 19.1 Å². The molecule has 0 bridgehead atoms. The van der Waals surface area contributed by atoms with Gasteiger partial charge in [0.25, 0.3) is 0 Å². The van der Waals surface area contributed by atoms with Gasteiger partial charge < -0.3 is 20.6 Å². The quantitative estimate of drug-likeness (QED) is 0.729. The smallest absolute Gasteiger partial charge is 0.320 e. The van der Waals surface area contributed by atoms with Crippen molar-refractivity contribution in [1.29, 1.82) is 0 Å². The second kappa shape index (κ2) is 6.53. The van der Waals surface area contributed by atoms with E-state index in [2.05, 4.69) is 20.9 Å².